The monoisotopic (exact) mass is 382 g/mol. The van der Waals surface area contributed by atoms with Gasteiger partial charge in [0.15, 0.2) is 17.3 Å². The molecule has 11 heteroatoms. The summed E-state index contributed by atoms with van der Waals surface area (Å²) in [6, 6.07) is 5.20. The first-order valence-corrected chi connectivity index (χ1v) is 8.61. The zero-order valence-corrected chi connectivity index (χ0v) is 14.2. The Morgan fingerprint density at radius 1 is 1.23 bits per heavy atom. The van der Waals surface area contributed by atoms with Gasteiger partial charge in [-0.2, -0.15) is 0 Å². The second kappa shape index (κ2) is 6.67. The van der Waals surface area contributed by atoms with Crippen LogP contribution in [0, 0.1) is 11.6 Å². The molecule has 0 atom stereocenters. The van der Waals surface area contributed by atoms with Crippen molar-refractivity contribution >= 4 is 27.3 Å². The minimum atomic E-state index is -4.29. The summed E-state index contributed by atoms with van der Waals surface area (Å²) in [6.45, 7) is -0.718. The van der Waals surface area contributed by atoms with E-state index in [0.717, 1.165) is 19.2 Å². The number of carbonyl (C=O) groups excluding carboxylic acids is 1. The Balaban J connectivity index is 2.11. The van der Waals surface area contributed by atoms with Crippen molar-refractivity contribution < 1.29 is 26.7 Å². The molecule has 0 aliphatic carbocycles. The van der Waals surface area contributed by atoms with E-state index in [1.807, 2.05) is 0 Å². The van der Waals surface area contributed by atoms with Gasteiger partial charge in [0.25, 0.3) is 10.0 Å². The Labute approximate surface area is 146 Å². The number of hydrogen-bond acceptors (Lipinski definition) is 6. The normalized spacial score (nSPS) is 11.5. The molecule has 0 spiro atoms. The summed E-state index contributed by atoms with van der Waals surface area (Å²) in [7, 11) is -3.21. The van der Waals surface area contributed by atoms with Crippen LogP contribution in [0.1, 0.15) is 0 Å². The minimum absolute atomic E-state index is 0.196. The number of pyridine rings is 1. The Morgan fingerprint density at radius 3 is 2.69 bits per heavy atom. The summed E-state index contributed by atoms with van der Waals surface area (Å²) in [4.78, 5) is 11.5. The fourth-order valence-electron chi connectivity index (χ4n) is 2.22. The molecule has 0 aliphatic heterocycles. The standard InChI is InChI=1S/C15H12F2N4O4S/c1-25-15(22)8-21(10-2-4-12(16)13(17)6-10)26(23,24)11-3-5-14-19-18-9-20(14)7-11/h2-7,9H,8H2,1H3. The second-order valence-corrected chi connectivity index (χ2v) is 7.01. The molecular formula is C15H12F2N4O4S. The molecule has 1 aromatic carbocycles. The number of benzene rings is 1. The van der Waals surface area contributed by atoms with Crippen LogP contribution < -0.4 is 4.31 Å². The van der Waals surface area contributed by atoms with Crippen molar-refractivity contribution in [2.45, 2.75) is 4.90 Å². The predicted octanol–water partition coefficient (Wildman–Crippen LogP) is 1.38. The number of fused-ring (bicyclic) bond motifs is 1. The third kappa shape index (κ3) is 3.20. The first kappa shape index (κ1) is 17.7. The number of ether oxygens (including phenoxy) is 1. The molecule has 136 valence electrons. The highest BCUT2D eigenvalue weighted by molar-refractivity contribution is 7.92. The van der Waals surface area contributed by atoms with E-state index in [-0.39, 0.29) is 10.6 Å². The molecule has 0 fully saturated rings. The van der Waals surface area contributed by atoms with E-state index in [4.69, 9.17) is 0 Å². The molecule has 0 saturated heterocycles. The molecule has 2 aromatic heterocycles. The van der Waals surface area contributed by atoms with E-state index in [1.54, 1.807) is 0 Å². The summed E-state index contributed by atoms with van der Waals surface area (Å²) in [5.74, 6) is -3.26. The van der Waals surface area contributed by atoms with Crippen LogP contribution in [-0.4, -0.2) is 42.6 Å². The van der Waals surface area contributed by atoms with E-state index in [1.165, 1.54) is 29.1 Å². The SMILES string of the molecule is COC(=O)CN(c1ccc(F)c(F)c1)S(=O)(=O)c1ccc2nncn2c1. The molecule has 26 heavy (non-hydrogen) atoms. The average molecular weight is 382 g/mol. The van der Waals surface area contributed by atoms with E-state index in [2.05, 4.69) is 14.9 Å². The third-order valence-corrected chi connectivity index (χ3v) is 5.30. The maximum atomic E-state index is 13.6. The molecule has 0 radical (unpaired) electrons. The second-order valence-electron chi connectivity index (χ2n) is 5.15. The van der Waals surface area contributed by atoms with Gasteiger partial charge in [0, 0.05) is 12.3 Å². The first-order chi connectivity index (χ1) is 12.3. The summed E-state index contributed by atoms with van der Waals surface area (Å²) >= 11 is 0. The van der Waals surface area contributed by atoms with Crippen molar-refractivity contribution in [3.05, 3.63) is 54.5 Å². The predicted molar refractivity (Wildman–Crippen MR) is 85.9 cm³/mol. The maximum absolute atomic E-state index is 13.6. The minimum Gasteiger partial charge on any atom is -0.468 e. The number of rotatable bonds is 5. The molecule has 0 saturated carbocycles. The van der Waals surface area contributed by atoms with Crippen molar-refractivity contribution in [2.24, 2.45) is 0 Å². The first-order valence-electron chi connectivity index (χ1n) is 7.17. The average Bonchev–Trinajstić information content (AvgIpc) is 3.09. The fourth-order valence-corrected chi connectivity index (χ4v) is 3.63. The number of nitrogens with zero attached hydrogens (tertiary/aromatic N) is 4. The van der Waals surface area contributed by atoms with Crippen LogP contribution in [0.2, 0.25) is 0 Å². The smallest absolute Gasteiger partial charge is 0.326 e. The highest BCUT2D eigenvalue weighted by Crippen LogP contribution is 2.25. The van der Waals surface area contributed by atoms with Gasteiger partial charge in [0.05, 0.1) is 12.8 Å². The third-order valence-electron chi connectivity index (χ3n) is 3.54. The van der Waals surface area contributed by atoms with E-state index in [0.29, 0.717) is 16.0 Å². The van der Waals surface area contributed by atoms with E-state index < -0.39 is 34.2 Å². The van der Waals surface area contributed by atoms with Crippen molar-refractivity contribution in [3.8, 4) is 0 Å². The zero-order chi connectivity index (χ0) is 18.9. The van der Waals surface area contributed by atoms with Crippen molar-refractivity contribution in [1.82, 2.24) is 14.6 Å². The molecule has 8 nitrogen and oxygen atoms in total. The Hall–Kier alpha value is -3.08. The maximum Gasteiger partial charge on any atom is 0.326 e. The molecule has 3 rings (SSSR count). The highest BCUT2D eigenvalue weighted by atomic mass is 32.2. The van der Waals surface area contributed by atoms with Gasteiger partial charge in [-0.1, -0.05) is 0 Å². The Bertz CT molecular complexity index is 1080. The van der Waals surface area contributed by atoms with Gasteiger partial charge in [-0.3, -0.25) is 13.5 Å². The molecule has 0 unspecified atom stereocenters. The summed E-state index contributed by atoms with van der Waals surface area (Å²) in [5.41, 5.74) is 0.189. The highest BCUT2D eigenvalue weighted by Gasteiger charge is 2.28. The molecule has 0 N–H and O–H groups in total. The topological polar surface area (TPSA) is 93.9 Å². The number of esters is 1. The van der Waals surface area contributed by atoms with Gasteiger partial charge in [-0.15, -0.1) is 10.2 Å². The molecule has 3 aromatic rings. The number of anilines is 1. The molecule has 0 amide bonds. The molecule has 0 aliphatic rings. The summed E-state index contributed by atoms with van der Waals surface area (Å²) < 4.78 is 59.3. The van der Waals surface area contributed by atoms with Gasteiger partial charge >= 0.3 is 5.97 Å². The molecule has 0 bridgehead atoms. The van der Waals surface area contributed by atoms with Crippen LogP contribution in [0.3, 0.4) is 0 Å². The number of carbonyl (C=O) groups is 1. The van der Waals surface area contributed by atoms with Gasteiger partial charge in [-0.05, 0) is 24.3 Å². The number of aromatic nitrogens is 3. The van der Waals surface area contributed by atoms with Crippen LogP contribution in [-0.2, 0) is 19.6 Å². The lowest BCUT2D eigenvalue weighted by atomic mass is 10.3. The lowest BCUT2D eigenvalue weighted by Gasteiger charge is -2.23. The molecule has 2 heterocycles. The van der Waals surface area contributed by atoms with E-state index in [9.17, 15) is 22.0 Å². The number of halogens is 2. The largest absolute Gasteiger partial charge is 0.468 e. The van der Waals surface area contributed by atoms with Gasteiger partial charge < -0.3 is 4.74 Å². The summed E-state index contributed by atoms with van der Waals surface area (Å²) in [5, 5.41) is 7.42. The van der Waals surface area contributed by atoms with Crippen LogP contribution in [0.15, 0.2) is 47.8 Å². The number of sulfonamides is 1. The lowest BCUT2D eigenvalue weighted by molar-refractivity contribution is -0.138. The van der Waals surface area contributed by atoms with Gasteiger partial charge in [0.1, 0.15) is 17.8 Å². The number of hydrogen-bond donors (Lipinski definition) is 0. The van der Waals surface area contributed by atoms with Crippen molar-refractivity contribution in [2.75, 3.05) is 18.0 Å². The van der Waals surface area contributed by atoms with Crippen LogP contribution in [0.25, 0.3) is 5.65 Å². The summed E-state index contributed by atoms with van der Waals surface area (Å²) in [6.07, 6.45) is 2.55. The Kier molecular flexibility index (Phi) is 4.55. The quantitative estimate of drug-likeness (QED) is 0.619. The fraction of sp³-hybridized carbons (Fsp3) is 0.133. The van der Waals surface area contributed by atoms with E-state index >= 15 is 0 Å². The van der Waals surface area contributed by atoms with Crippen LogP contribution in [0.5, 0.6) is 0 Å². The zero-order valence-electron chi connectivity index (χ0n) is 13.3. The van der Waals surface area contributed by atoms with Crippen LogP contribution in [0.4, 0.5) is 14.5 Å². The van der Waals surface area contributed by atoms with Gasteiger partial charge in [-0.25, -0.2) is 17.2 Å². The van der Waals surface area contributed by atoms with Crippen molar-refractivity contribution in [1.29, 1.82) is 0 Å². The van der Waals surface area contributed by atoms with Crippen molar-refractivity contribution in [3.63, 3.8) is 0 Å². The lowest BCUT2D eigenvalue weighted by Crippen LogP contribution is -2.36. The van der Waals surface area contributed by atoms with Gasteiger partial charge in [0.2, 0.25) is 0 Å². The number of methoxy groups -OCH3 is 1. The molecular weight excluding hydrogens is 370 g/mol. The Morgan fingerprint density at radius 2 is 2.00 bits per heavy atom. The van der Waals surface area contributed by atoms with Crippen LogP contribution >= 0.6 is 0 Å².